The predicted molar refractivity (Wildman–Crippen MR) is 100 cm³/mol. The van der Waals surface area contributed by atoms with Crippen LogP contribution in [0.3, 0.4) is 0 Å². The molecule has 0 radical (unpaired) electrons. The highest BCUT2D eigenvalue weighted by molar-refractivity contribution is 5.93. The summed E-state index contributed by atoms with van der Waals surface area (Å²) in [6.45, 7) is 5.27. The fourth-order valence-electron chi connectivity index (χ4n) is 6.10. The lowest BCUT2D eigenvalue weighted by Gasteiger charge is -2.48. The quantitative estimate of drug-likeness (QED) is 0.813. The maximum Gasteiger partial charge on any atom is 0.293 e. The fourth-order valence-corrected chi connectivity index (χ4v) is 6.10. The average Bonchev–Trinajstić information content (AvgIpc) is 3.28. The van der Waals surface area contributed by atoms with Gasteiger partial charge in [-0.3, -0.25) is 9.48 Å². The van der Waals surface area contributed by atoms with Gasteiger partial charge in [0.2, 0.25) is 5.76 Å². The number of fused-ring (bicyclic) bond motifs is 1. The minimum Gasteiger partial charge on any atom is -0.350 e. The normalized spacial score (nSPS) is 32.9. The van der Waals surface area contributed by atoms with Crippen molar-refractivity contribution in [2.75, 3.05) is 13.6 Å². The number of carbonyl (C=O) groups excluding carboxylic acids is 1. The van der Waals surface area contributed by atoms with Gasteiger partial charge in [0, 0.05) is 55.0 Å². The van der Waals surface area contributed by atoms with Gasteiger partial charge < -0.3 is 14.3 Å². The smallest absolute Gasteiger partial charge is 0.293 e. The molecule has 144 valence electrons. The number of amides is 1. The molecule has 7 heteroatoms. The Morgan fingerprint density at radius 1 is 1.30 bits per heavy atom. The number of hydrogen-bond acceptors (Lipinski definition) is 5. The van der Waals surface area contributed by atoms with E-state index < -0.39 is 0 Å². The Morgan fingerprint density at radius 3 is 2.81 bits per heavy atom. The van der Waals surface area contributed by atoms with Crippen LogP contribution in [0.2, 0.25) is 0 Å². The summed E-state index contributed by atoms with van der Waals surface area (Å²) in [7, 11) is 4.09. The number of likely N-dealkylation sites (tertiary alicyclic amines) is 2. The SMILES string of the molecule is Cc1nn(C)cc1-c1cc(C(=O)N2[C@@H]3CN(C)[C@@H]4CCC[C@H]2[C@]4(C)C3)on1. The molecule has 27 heavy (non-hydrogen) atoms. The highest BCUT2D eigenvalue weighted by Crippen LogP contribution is 2.54. The maximum absolute atomic E-state index is 13.4. The zero-order valence-corrected chi connectivity index (χ0v) is 16.5. The van der Waals surface area contributed by atoms with E-state index in [0.29, 0.717) is 23.5 Å². The zero-order valence-electron chi connectivity index (χ0n) is 16.5. The molecular formula is C20H27N5O2. The Bertz CT molecular complexity index is 902. The Morgan fingerprint density at radius 2 is 2.07 bits per heavy atom. The van der Waals surface area contributed by atoms with Crippen LogP contribution in [0.25, 0.3) is 11.3 Å². The third-order valence-electron chi connectivity index (χ3n) is 7.16. The van der Waals surface area contributed by atoms with Crippen molar-refractivity contribution in [3.8, 4) is 11.3 Å². The highest BCUT2D eigenvalue weighted by Gasteiger charge is 2.60. The second-order valence-corrected chi connectivity index (χ2v) is 8.86. The Kier molecular flexibility index (Phi) is 3.57. The van der Waals surface area contributed by atoms with Crippen LogP contribution in [0.5, 0.6) is 0 Å². The van der Waals surface area contributed by atoms with Crippen molar-refractivity contribution >= 4 is 5.91 Å². The van der Waals surface area contributed by atoms with E-state index in [4.69, 9.17) is 4.52 Å². The van der Waals surface area contributed by atoms with E-state index in [1.807, 2.05) is 20.2 Å². The van der Waals surface area contributed by atoms with Gasteiger partial charge in [-0.1, -0.05) is 12.1 Å². The molecule has 3 fully saturated rings. The largest absolute Gasteiger partial charge is 0.350 e. The lowest BCUT2D eigenvalue weighted by molar-refractivity contribution is 0.0242. The lowest BCUT2D eigenvalue weighted by atomic mass is 9.66. The molecule has 2 saturated heterocycles. The van der Waals surface area contributed by atoms with E-state index in [1.54, 1.807) is 10.7 Å². The monoisotopic (exact) mass is 369 g/mol. The van der Waals surface area contributed by atoms with E-state index in [1.165, 1.54) is 12.8 Å². The first-order chi connectivity index (χ1) is 12.9. The van der Waals surface area contributed by atoms with Crippen LogP contribution in [0.15, 0.2) is 16.8 Å². The first-order valence-electron chi connectivity index (χ1n) is 9.89. The van der Waals surface area contributed by atoms with Gasteiger partial charge in [0.05, 0.1) is 5.69 Å². The summed E-state index contributed by atoms with van der Waals surface area (Å²) < 4.78 is 7.26. The number of rotatable bonds is 2. The molecule has 1 saturated carbocycles. The molecule has 2 aliphatic heterocycles. The minimum atomic E-state index is -0.00929. The van der Waals surface area contributed by atoms with E-state index in [-0.39, 0.29) is 17.4 Å². The Hall–Kier alpha value is -2.15. The molecule has 2 aromatic heterocycles. The van der Waals surface area contributed by atoms with Gasteiger partial charge >= 0.3 is 0 Å². The summed E-state index contributed by atoms with van der Waals surface area (Å²) >= 11 is 0. The van der Waals surface area contributed by atoms with E-state index >= 15 is 0 Å². The van der Waals surface area contributed by atoms with Crippen LogP contribution >= 0.6 is 0 Å². The number of nitrogens with zero attached hydrogens (tertiary/aromatic N) is 5. The van der Waals surface area contributed by atoms with Gasteiger partial charge in [0.15, 0.2) is 0 Å². The summed E-state index contributed by atoms with van der Waals surface area (Å²) in [4.78, 5) is 18.0. The molecule has 1 amide bonds. The molecular weight excluding hydrogens is 342 g/mol. The number of piperidine rings is 1. The van der Waals surface area contributed by atoms with Crippen molar-refractivity contribution in [1.29, 1.82) is 0 Å². The lowest BCUT2D eigenvalue weighted by Crippen LogP contribution is -2.54. The van der Waals surface area contributed by atoms with Crippen molar-refractivity contribution in [2.45, 2.75) is 57.7 Å². The highest BCUT2D eigenvalue weighted by atomic mass is 16.5. The maximum atomic E-state index is 13.4. The molecule has 0 unspecified atom stereocenters. The van der Waals surface area contributed by atoms with Crippen molar-refractivity contribution in [3.05, 3.63) is 23.7 Å². The van der Waals surface area contributed by atoms with Gasteiger partial charge in [-0.25, -0.2) is 0 Å². The third kappa shape index (κ3) is 2.33. The van der Waals surface area contributed by atoms with Crippen LogP contribution < -0.4 is 0 Å². The Labute approximate surface area is 159 Å². The molecule has 0 N–H and O–H groups in total. The van der Waals surface area contributed by atoms with Crippen LogP contribution in [0.1, 0.15) is 48.9 Å². The summed E-state index contributed by atoms with van der Waals surface area (Å²) in [5.41, 5.74) is 2.65. The first kappa shape index (κ1) is 17.0. The van der Waals surface area contributed by atoms with Crippen molar-refractivity contribution in [1.82, 2.24) is 24.7 Å². The van der Waals surface area contributed by atoms with Crippen molar-refractivity contribution in [3.63, 3.8) is 0 Å². The molecule has 2 bridgehead atoms. The average molecular weight is 369 g/mol. The van der Waals surface area contributed by atoms with Gasteiger partial charge in [0.25, 0.3) is 5.91 Å². The molecule has 1 aliphatic carbocycles. The molecule has 7 nitrogen and oxygen atoms in total. The number of aryl methyl sites for hydroxylation is 2. The zero-order chi connectivity index (χ0) is 18.9. The van der Waals surface area contributed by atoms with E-state index in [0.717, 1.165) is 30.6 Å². The van der Waals surface area contributed by atoms with Crippen LogP contribution in [0, 0.1) is 12.3 Å². The number of likely N-dealkylation sites (N-methyl/N-ethyl adjacent to an activating group) is 1. The molecule has 3 aliphatic rings. The van der Waals surface area contributed by atoms with Crippen molar-refractivity contribution < 1.29 is 9.32 Å². The summed E-state index contributed by atoms with van der Waals surface area (Å²) in [6, 6.07) is 2.92. The van der Waals surface area contributed by atoms with Gasteiger partial charge in [-0.05, 0) is 39.7 Å². The molecule has 0 spiro atoms. The standard InChI is InChI=1S/C20H27N5O2/c1-12-14(11-24(4)21-12)15-8-16(27-22-15)19(26)25-13-9-20(2)17(23(3)10-13)6-5-7-18(20)25/h8,11,13,17-18H,5-7,9-10H2,1-4H3/t13-,17+,18-,20+/m0/s1. The number of hydrogen-bond donors (Lipinski definition) is 0. The first-order valence-corrected chi connectivity index (χ1v) is 9.89. The van der Waals surface area contributed by atoms with E-state index in [2.05, 4.69) is 34.0 Å². The molecule has 4 heterocycles. The summed E-state index contributed by atoms with van der Waals surface area (Å²) in [5.74, 6) is 0.333. The molecule has 4 atom stereocenters. The topological polar surface area (TPSA) is 67.4 Å². The summed E-state index contributed by atoms with van der Waals surface area (Å²) in [5, 5.41) is 8.52. The van der Waals surface area contributed by atoms with Gasteiger partial charge in [0.1, 0.15) is 5.69 Å². The minimum absolute atomic E-state index is 0.00929. The number of aromatic nitrogens is 3. The van der Waals surface area contributed by atoms with Gasteiger partial charge in [-0.15, -0.1) is 0 Å². The summed E-state index contributed by atoms with van der Waals surface area (Å²) in [6.07, 6.45) is 6.52. The van der Waals surface area contributed by atoms with Crippen molar-refractivity contribution in [2.24, 2.45) is 12.5 Å². The van der Waals surface area contributed by atoms with Crippen LogP contribution in [-0.2, 0) is 7.05 Å². The molecule has 5 rings (SSSR count). The molecule has 2 aromatic rings. The van der Waals surface area contributed by atoms with Crippen LogP contribution in [-0.4, -0.2) is 62.4 Å². The van der Waals surface area contributed by atoms with Gasteiger partial charge in [-0.2, -0.15) is 5.10 Å². The van der Waals surface area contributed by atoms with Crippen LogP contribution in [0.4, 0.5) is 0 Å². The second kappa shape index (κ2) is 5.67. The number of carbonyl (C=O) groups is 1. The Balaban J connectivity index is 1.47. The fraction of sp³-hybridized carbons (Fsp3) is 0.650. The molecule has 0 aromatic carbocycles. The van der Waals surface area contributed by atoms with E-state index in [9.17, 15) is 4.79 Å². The third-order valence-corrected chi connectivity index (χ3v) is 7.16. The second-order valence-electron chi connectivity index (χ2n) is 8.86. The predicted octanol–water partition coefficient (Wildman–Crippen LogP) is 2.47.